The molecule has 0 aliphatic heterocycles. The van der Waals surface area contributed by atoms with Gasteiger partial charge in [0.05, 0.1) is 17.3 Å². The second-order valence-electron chi connectivity index (χ2n) is 6.40. The number of hydrogen-bond donors (Lipinski definition) is 3. The van der Waals surface area contributed by atoms with Crippen LogP contribution in [0.25, 0.3) is 5.69 Å². The number of carbonyl (C=O) groups is 2. The fourth-order valence-electron chi connectivity index (χ4n) is 2.88. The Kier molecular flexibility index (Phi) is 4.96. The van der Waals surface area contributed by atoms with Gasteiger partial charge in [-0.2, -0.15) is 5.10 Å². The summed E-state index contributed by atoms with van der Waals surface area (Å²) >= 11 is 12.2. The molecule has 138 valence electrons. The van der Waals surface area contributed by atoms with Gasteiger partial charge in [0.15, 0.2) is 11.3 Å². The molecule has 0 saturated carbocycles. The van der Waals surface area contributed by atoms with Gasteiger partial charge < -0.3 is 15.5 Å². The second kappa shape index (κ2) is 6.90. The van der Waals surface area contributed by atoms with Crippen LogP contribution in [-0.2, 0) is 17.6 Å². The van der Waals surface area contributed by atoms with E-state index in [-0.39, 0.29) is 5.69 Å². The molecule has 0 radical (unpaired) electrons. The SMILES string of the molecule is CC(O)(CNC(=O)c1nn(-c2ccc(Cl)cc2Cl)c2c1CCC2)C(=O)O. The predicted octanol–water partition coefficient (Wildman–Crippen LogP) is 2.23. The van der Waals surface area contributed by atoms with Gasteiger partial charge in [-0.05, 0) is 44.4 Å². The maximum absolute atomic E-state index is 12.5. The molecule has 0 spiro atoms. The van der Waals surface area contributed by atoms with E-state index < -0.39 is 24.0 Å². The first kappa shape index (κ1) is 18.7. The van der Waals surface area contributed by atoms with Crippen molar-refractivity contribution in [3.05, 3.63) is 45.2 Å². The number of hydrogen-bond acceptors (Lipinski definition) is 4. The third kappa shape index (κ3) is 3.42. The molecule has 1 aromatic heterocycles. The van der Waals surface area contributed by atoms with Crippen LogP contribution in [0.2, 0.25) is 10.0 Å². The molecule has 3 rings (SSSR count). The summed E-state index contributed by atoms with van der Waals surface area (Å²) in [6, 6.07) is 5.02. The lowest BCUT2D eigenvalue weighted by Gasteiger charge is -2.17. The number of fused-ring (bicyclic) bond motifs is 1. The zero-order valence-corrected chi connectivity index (χ0v) is 15.4. The molecule has 1 heterocycles. The Balaban J connectivity index is 1.92. The Morgan fingerprint density at radius 2 is 2.08 bits per heavy atom. The van der Waals surface area contributed by atoms with Crippen LogP contribution in [0.4, 0.5) is 0 Å². The van der Waals surface area contributed by atoms with Crippen molar-refractivity contribution >= 4 is 35.1 Å². The molecule has 0 fully saturated rings. The Hall–Kier alpha value is -2.09. The molecule has 1 aliphatic rings. The lowest BCUT2D eigenvalue weighted by Crippen LogP contribution is -2.46. The number of aliphatic hydroxyl groups is 1. The molecule has 1 aliphatic carbocycles. The second-order valence-corrected chi connectivity index (χ2v) is 7.24. The number of rotatable bonds is 5. The molecular formula is C17H17Cl2N3O4. The summed E-state index contributed by atoms with van der Waals surface area (Å²) in [6.45, 7) is 0.691. The van der Waals surface area contributed by atoms with Gasteiger partial charge >= 0.3 is 5.97 Å². The third-order valence-electron chi connectivity index (χ3n) is 4.34. The van der Waals surface area contributed by atoms with Gasteiger partial charge in [-0.15, -0.1) is 0 Å². The highest BCUT2D eigenvalue weighted by molar-refractivity contribution is 6.35. The van der Waals surface area contributed by atoms with E-state index in [1.54, 1.807) is 22.9 Å². The summed E-state index contributed by atoms with van der Waals surface area (Å²) in [6.07, 6.45) is 2.32. The molecule has 26 heavy (non-hydrogen) atoms. The molecule has 9 heteroatoms. The molecule has 1 atom stereocenters. The van der Waals surface area contributed by atoms with Crippen LogP contribution in [-0.4, -0.2) is 44.0 Å². The number of benzene rings is 1. The zero-order chi connectivity index (χ0) is 19.1. The molecular weight excluding hydrogens is 381 g/mol. The van der Waals surface area contributed by atoms with E-state index in [9.17, 15) is 14.7 Å². The maximum atomic E-state index is 12.5. The van der Waals surface area contributed by atoms with Crippen molar-refractivity contribution in [1.82, 2.24) is 15.1 Å². The lowest BCUT2D eigenvalue weighted by molar-refractivity contribution is -0.155. The topological polar surface area (TPSA) is 104 Å². The average molecular weight is 398 g/mol. The van der Waals surface area contributed by atoms with Crippen molar-refractivity contribution in [3.63, 3.8) is 0 Å². The minimum atomic E-state index is -2.05. The molecule has 1 unspecified atom stereocenters. The summed E-state index contributed by atoms with van der Waals surface area (Å²) in [5.74, 6) is -1.95. The first-order valence-corrected chi connectivity index (χ1v) is 8.76. The van der Waals surface area contributed by atoms with Crippen LogP contribution in [0.5, 0.6) is 0 Å². The number of amides is 1. The summed E-state index contributed by atoms with van der Waals surface area (Å²) in [7, 11) is 0. The van der Waals surface area contributed by atoms with E-state index in [2.05, 4.69) is 10.4 Å². The van der Waals surface area contributed by atoms with Gasteiger partial charge in [0.2, 0.25) is 0 Å². The highest BCUT2D eigenvalue weighted by Gasteiger charge is 2.32. The van der Waals surface area contributed by atoms with E-state index in [1.165, 1.54) is 0 Å². The first-order chi connectivity index (χ1) is 12.2. The number of nitrogens with one attached hydrogen (secondary N) is 1. The summed E-state index contributed by atoms with van der Waals surface area (Å²) in [5, 5.41) is 26.4. The zero-order valence-electron chi connectivity index (χ0n) is 13.9. The van der Waals surface area contributed by atoms with E-state index in [0.717, 1.165) is 31.0 Å². The van der Waals surface area contributed by atoms with Crippen LogP contribution in [0.3, 0.4) is 0 Å². The molecule has 0 saturated heterocycles. The van der Waals surface area contributed by atoms with Crippen LogP contribution in [0.1, 0.15) is 35.1 Å². The standard InChI is InChI=1S/C17H17Cl2N3O4/c1-17(26,16(24)25)8-20-15(23)14-10-3-2-4-12(10)22(21-14)13-6-5-9(18)7-11(13)19/h5-7,26H,2-4,8H2,1H3,(H,20,23)(H,24,25). The predicted molar refractivity (Wildman–Crippen MR) is 96.2 cm³/mol. The summed E-state index contributed by atoms with van der Waals surface area (Å²) in [5.41, 5.74) is 0.476. The van der Waals surface area contributed by atoms with E-state index in [1.807, 2.05) is 0 Å². The van der Waals surface area contributed by atoms with Crippen molar-refractivity contribution in [1.29, 1.82) is 0 Å². The lowest BCUT2D eigenvalue weighted by atomic mass is 10.1. The monoisotopic (exact) mass is 397 g/mol. The average Bonchev–Trinajstić information content (AvgIpc) is 3.15. The Morgan fingerprint density at radius 1 is 1.35 bits per heavy atom. The van der Waals surface area contributed by atoms with Crippen LogP contribution in [0, 0.1) is 0 Å². The first-order valence-electron chi connectivity index (χ1n) is 8.01. The van der Waals surface area contributed by atoms with Crippen molar-refractivity contribution in [2.75, 3.05) is 6.54 Å². The summed E-state index contributed by atoms with van der Waals surface area (Å²) in [4.78, 5) is 23.5. The van der Waals surface area contributed by atoms with E-state index >= 15 is 0 Å². The normalized spacial score (nSPS) is 15.4. The van der Waals surface area contributed by atoms with Crippen molar-refractivity contribution < 1.29 is 19.8 Å². The van der Waals surface area contributed by atoms with Gasteiger partial charge in [0, 0.05) is 16.3 Å². The fourth-order valence-corrected chi connectivity index (χ4v) is 3.37. The van der Waals surface area contributed by atoms with Crippen molar-refractivity contribution in [2.45, 2.75) is 31.8 Å². The quantitative estimate of drug-likeness (QED) is 0.717. The summed E-state index contributed by atoms with van der Waals surface area (Å²) < 4.78 is 1.63. The highest BCUT2D eigenvalue weighted by atomic mass is 35.5. The van der Waals surface area contributed by atoms with Gasteiger partial charge in [-0.3, -0.25) is 4.79 Å². The molecule has 2 aromatic rings. The maximum Gasteiger partial charge on any atom is 0.337 e. The van der Waals surface area contributed by atoms with Crippen LogP contribution in [0.15, 0.2) is 18.2 Å². The van der Waals surface area contributed by atoms with Crippen molar-refractivity contribution in [2.24, 2.45) is 0 Å². The van der Waals surface area contributed by atoms with Crippen molar-refractivity contribution in [3.8, 4) is 5.69 Å². The molecule has 0 bridgehead atoms. The number of halogens is 2. The molecule has 7 nitrogen and oxygen atoms in total. The number of nitrogens with zero attached hydrogens (tertiary/aromatic N) is 2. The third-order valence-corrected chi connectivity index (χ3v) is 4.87. The minimum Gasteiger partial charge on any atom is -0.479 e. The number of aliphatic carboxylic acids is 1. The molecule has 3 N–H and O–H groups in total. The van der Waals surface area contributed by atoms with Gasteiger partial charge in [-0.1, -0.05) is 23.2 Å². The Morgan fingerprint density at radius 3 is 2.73 bits per heavy atom. The van der Waals surface area contributed by atoms with E-state index in [0.29, 0.717) is 22.2 Å². The molecule has 1 aromatic carbocycles. The van der Waals surface area contributed by atoms with E-state index in [4.69, 9.17) is 28.3 Å². The number of carboxylic acid groups (broad SMARTS) is 1. The molecule has 1 amide bonds. The Labute approximate surface area is 159 Å². The Bertz CT molecular complexity index is 892. The minimum absolute atomic E-state index is 0.213. The largest absolute Gasteiger partial charge is 0.479 e. The smallest absolute Gasteiger partial charge is 0.337 e. The van der Waals surface area contributed by atoms with Crippen LogP contribution >= 0.6 is 23.2 Å². The van der Waals surface area contributed by atoms with Gasteiger partial charge in [0.25, 0.3) is 5.91 Å². The fraction of sp³-hybridized carbons (Fsp3) is 0.353. The van der Waals surface area contributed by atoms with Gasteiger partial charge in [0.1, 0.15) is 0 Å². The number of carboxylic acids is 1. The number of aromatic nitrogens is 2. The van der Waals surface area contributed by atoms with Crippen LogP contribution < -0.4 is 5.32 Å². The van der Waals surface area contributed by atoms with Gasteiger partial charge in [-0.25, -0.2) is 9.48 Å². The number of carbonyl (C=O) groups excluding carboxylic acids is 1. The highest BCUT2D eigenvalue weighted by Crippen LogP contribution is 2.31.